The van der Waals surface area contributed by atoms with Gasteiger partial charge >= 0.3 is 0 Å². The highest BCUT2D eigenvalue weighted by atomic mass is 16.6. The fourth-order valence-corrected chi connectivity index (χ4v) is 5.61. The number of ether oxygens (including phenoxy) is 3. The first kappa shape index (κ1) is 26.0. The fourth-order valence-electron chi connectivity index (χ4n) is 5.61. The standard InChI is InChI=1S/C36H38O3/c1-23(2)29-9-5-7-11-31(29)25-13-17-27(18-14-25)35(33-21-37-33)39-36(34-22-38-34)28-19-15-26(16-20-28)32-12-8-6-10-30(32)24(3)4/h5-20,23-24,33-36H,21-22H2,1-4H3. The number of epoxide rings is 2. The summed E-state index contributed by atoms with van der Waals surface area (Å²) in [5, 5.41) is 0. The average Bonchev–Trinajstić information content (AvgIpc) is 3.89. The van der Waals surface area contributed by atoms with Crippen LogP contribution >= 0.6 is 0 Å². The zero-order valence-electron chi connectivity index (χ0n) is 23.3. The molecule has 0 spiro atoms. The molecule has 0 saturated carbocycles. The van der Waals surface area contributed by atoms with Crippen LogP contribution in [0.3, 0.4) is 0 Å². The summed E-state index contributed by atoms with van der Waals surface area (Å²) in [7, 11) is 0. The normalized spacial score (nSPS) is 19.7. The number of hydrogen-bond donors (Lipinski definition) is 0. The van der Waals surface area contributed by atoms with Gasteiger partial charge in [-0.3, -0.25) is 0 Å². The van der Waals surface area contributed by atoms with Crippen molar-refractivity contribution in [2.24, 2.45) is 0 Å². The molecule has 2 aliphatic rings. The second kappa shape index (κ2) is 11.1. The predicted molar refractivity (Wildman–Crippen MR) is 158 cm³/mol. The molecule has 200 valence electrons. The molecule has 4 aromatic carbocycles. The van der Waals surface area contributed by atoms with Crippen molar-refractivity contribution in [1.82, 2.24) is 0 Å². The number of hydrogen-bond acceptors (Lipinski definition) is 3. The van der Waals surface area contributed by atoms with E-state index in [0.717, 1.165) is 24.3 Å². The van der Waals surface area contributed by atoms with E-state index in [1.165, 1.54) is 33.4 Å². The lowest BCUT2D eigenvalue weighted by Crippen LogP contribution is -2.19. The van der Waals surface area contributed by atoms with Crippen molar-refractivity contribution >= 4 is 0 Å². The molecule has 2 saturated heterocycles. The summed E-state index contributed by atoms with van der Waals surface area (Å²) < 4.78 is 18.4. The SMILES string of the molecule is CC(C)c1ccccc1-c1ccc(C(OC(c2ccc(-c3ccccc3C(C)C)cc2)C2CO2)C2CO2)cc1. The van der Waals surface area contributed by atoms with Gasteiger partial charge in [-0.2, -0.15) is 0 Å². The molecule has 0 N–H and O–H groups in total. The summed E-state index contributed by atoms with van der Waals surface area (Å²) in [6, 6.07) is 35.1. The molecular formula is C36H38O3. The van der Waals surface area contributed by atoms with Crippen LogP contribution in [0.25, 0.3) is 22.3 Å². The van der Waals surface area contributed by atoms with E-state index in [9.17, 15) is 0 Å². The Morgan fingerprint density at radius 2 is 0.897 bits per heavy atom. The zero-order chi connectivity index (χ0) is 26.9. The van der Waals surface area contributed by atoms with Crippen molar-refractivity contribution in [1.29, 1.82) is 0 Å². The van der Waals surface area contributed by atoms with Crippen molar-refractivity contribution in [3.63, 3.8) is 0 Å². The molecule has 0 aromatic heterocycles. The Labute approximate surface area is 232 Å². The van der Waals surface area contributed by atoms with Gasteiger partial charge in [-0.25, -0.2) is 0 Å². The quantitative estimate of drug-likeness (QED) is 0.197. The fraction of sp³-hybridized carbons (Fsp3) is 0.333. The summed E-state index contributed by atoms with van der Waals surface area (Å²) in [6.07, 6.45) is -0.0978. The number of rotatable bonds is 10. The molecule has 4 unspecified atom stereocenters. The molecule has 6 rings (SSSR count). The van der Waals surface area contributed by atoms with E-state index in [0.29, 0.717) is 11.8 Å². The zero-order valence-corrected chi connectivity index (χ0v) is 23.3. The lowest BCUT2D eigenvalue weighted by molar-refractivity contribution is -0.0419. The Morgan fingerprint density at radius 1 is 0.538 bits per heavy atom. The summed E-state index contributed by atoms with van der Waals surface area (Å²) in [5.41, 5.74) is 10.1. The molecule has 39 heavy (non-hydrogen) atoms. The van der Waals surface area contributed by atoms with E-state index in [1.54, 1.807) is 0 Å². The molecular weight excluding hydrogens is 480 g/mol. The molecule has 2 fully saturated rings. The topological polar surface area (TPSA) is 34.3 Å². The second-order valence-electron chi connectivity index (χ2n) is 11.4. The Balaban J connectivity index is 1.24. The minimum atomic E-state index is -0.130. The number of benzene rings is 4. The molecule has 0 amide bonds. The van der Waals surface area contributed by atoms with Crippen LogP contribution in [0, 0.1) is 0 Å². The van der Waals surface area contributed by atoms with Crippen molar-refractivity contribution in [2.45, 2.75) is 63.9 Å². The Kier molecular flexibility index (Phi) is 7.40. The molecule has 0 aliphatic carbocycles. The molecule has 0 radical (unpaired) electrons. The van der Waals surface area contributed by atoms with E-state index in [2.05, 4.69) is 125 Å². The van der Waals surface area contributed by atoms with Crippen LogP contribution in [0.15, 0.2) is 97.1 Å². The van der Waals surface area contributed by atoms with Crippen molar-refractivity contribution in [3.8, 4) is 22.3 Å². The Bertz CT molecular complexity index is 1290. The van der Waals surface area contributed by atoms with Gasteiger partial charge < -0.3 is 14.2 Å². The van der Waals surface area contributed by atoms with Gasteiger partial charge in [-0.15, -0.1) is 0 Å². The van der Waals surface area contributed by atoms with Crippen LogP contribution < -0.4 is 0 Å². The Morgan fingerprint density at radius 3 is 1.23 bits per heavy atom. The molecule has 4 atom stereocenters. The first-order valence-electron chi connectivity index (χ1n) is 14.3. The van der Waals surface area contributed by atoms with Crippen LogP contribution in [0.2, 0.25) is 0 Å². The minimum absolute atomic E-state index is 0.0808. The molecule has 2 heterocycles. The van der Waals surface area contributed by atoms with Gasteiger partial charge in [-0.05, 0) is 56.3 Å². The monoisotopic (exact) mass is 518 g/mol. The second-order valence-corrected chi connectivity index (χ2v) is 11.4. The molecule has 0 bridgehead atoms. The first-order chi connectivity index (χ1) is 19.0. The van der Waals surface area contributed by atoms with E-state index < -0.39 is 0 Å². The predicted octanol–water partition coefficient (Wildman–Crippen LogP) is 8.86. The molecule has 3 nitrogen and oxygen atoms in total. The van der Waals surface area contributed by atoms with E-state index >= 15 is 0 Å². The van der Waals surface area contributed by atoms with Crippen LogP contribution in [-0.4, -0.2) is 25.4 Å². The first-order valence-corrected chi connectivity index (χ1v) is 14.3. The van der Waals surface area contributed by atoms with Gasteiger partial charge in [0.1, 0.15) is 24.4 Å². The third kappa shape index (κ3) is 5.72. The van der Waals surface area contributed by atoms with E-state index in [4.69, 9.17) is 14.2 Å². The van der Waals surface area contributed by atoms with E-state index in [1.807, 2.05) is 0 Å². The third-order valence-corrected chi connectivity index (χ3v) is 7.95. The van der Waals surface area contributed by atoms with Gasteiger partial charge in [0.2, 0.25) is 0 Å². The van der Waals surface area contributed by atoms with Gasteiger partial charge in [0.05, 0.1) is 13.2 Å². The smallest absolute Gasteiger partial charge is 0.112 e. The maximum Gasteiger partial charge on any atom is 0.112 e. The lowest BCUT2D eigenvalue weighted by Gasteiger charge is -2.24. The highest BCUT2D eigenvalue weighted by Crippen LogP contribution is 2.41. The highest BCUT2D eigenvalue weighted by Gasteiger charge is 2.42. The third-order valence-electron chi connectivity index (χ3n) is 7.95. The van der Waals surface area contributed by atoms with Gasteiger partial charge in [0.25, 0.3) is 0 Å². The van der Waals surface area contributed by atoms with Gasteiger partial charge in [-0.1, -0.05) is 125 Å². The maximum absolute atomic E-state index is 6.84. The minimum Gasteiger partial charge on any atom is -0.370 e. The largest absolute Gasteiger partial charge is 0.370 e. The van der Waals surface area contributed by atoms with Gasteiger partial charge in [0.15, 0.2) is 0 Å². The van der Waals surface area contributed by atoms with Crippen LogP contribution in [-0.2, 0) is 14.2 Å². The summed E-state index contributed by atoms with van der Waals surface area (Å²) in [5.74, 6) is 0.947. The lowest BCUT2D eigenvalue weighted by atomic mass is 9.91. The summed E-state index contributed by atoms with van der Waals surface area (Å²) in [6.45, 7) is 10.4. The van der Waals surface area contributed by atoms with Crippen molar-refractivity contribution in [2.75, 3.05) is 13.2 Å². The average molecular weight is 519 g/mol. The van der Waals surface area contributed by atoms with Crippen molar-refractivity contribution < 1.29 is 14.2 Å². The van der Waals surface area contributed by atoms with Crippen LogP contribution in [0.4, 0.5) is 0 Å². The molecule has 2 aliphatic heterocycles. The van der Waals surface area contributed by atoms with E-state index in [-0.39, 0.29) is 24.4 Å². The van der Waals surface area contributed by atoms with Gasteiger partial charge in [0, 0.05) is 0 Å². The van der Waals surface area contributed by atoms with Crippen molar-refractivity contribution in [3.05, 3.63) is 119 Å². The summed E-state index contributed by atoms with van der Waals surface area (Å²) >= 11 is 0. The summed E-state index contributed by atoms with van der Waals surface area (Å²) in [4.78, 5) is 0. The van der Waals surface area contributed by atoms with Crippen LogP contribution in [0.1, 0.15) is 74.0 Å². The Hall–Kier alpha value is -3.24. The molecule has 3 heteroatoms. The highest BCUT2D eigenvalue weighted by molar-refractivity contribution is 5.69. The van der Waals surface area contributed by atoms with Crippen LogP contribution in [0.5, 0.6) is 0 Å². The maximum atomic E-state index is 6.84. The molecule has 4 aromatic rings.